The van der Waals surface area contributed by atoms with Crippen molar-refractivity contribution in [2.45, 2.75) is 23.9 Å². The SMILES string of the molecule is CSc1cccc(N2C(=O)C3N=NN(c4ccc(C)c(F)c4)C3C2=O)c1. The summed E-state index contributed by atoms with van der Waals surface area (Å²) < 4.78 is 13.9. The standard InChI is InChI=1S/C18H15FN4O2S/c1-10-6-7-12(9-14(10)19)23-16-15(20-21-23)17(24)22(18(16)25)11-4-3-5-13(8-11)26-2/h3-9,15-16H,1-2H3. The molecule has 2 unspecified atom stereocenters. The molecule has 1 saturated heterocycles. The number of anilines is 2. The Labute approximate surface area is 153 Å². The van der Waals surface area contributed by atoms with Crippen LogP contribution in [0.1, 0.15) is 5.56 Å². The number of amides is 2. The van der Waals surface area contributed by atoms with E-state index in [1.807, 2.05) is 12.3 Å². The third-order valence-electron chi connectivity index (χ3n) is 4.51. The van der Waals surface area contributed by atoms with Crippen LogP contribution in [0.25, 0.3) is 0 Å². The number of hydrogen-bond acceptors (Lipinski definition) is 6. The van der Waals surface area contributed by atoms with Crippen LogP contribution in [0.5, 0.6) is 0 Å². The number of thioether (sulfide) groups is 1. The quantitative estimate of drug-likeness (QED) is 0.614. The Morgan fingerprint density at radius 1 is 1.08 bits per heavy atom. The van der Waals surface area contributed by atoms with Crippen LogP contribution >= 0.6 is 11.8 Å². The number of carbonyl (C=O) groups excluding carboxylic acids is 2. The monoisotopic (exact) mass is 370 g/mol. The van der Waals surface area contributed by atoms with E-state index < -0.39 is 29.7 Å². The molecular formula is C18H15FN4O2S. The van der Waals surface area contributed by atoms with Crippen LogP contribution in [0.2, 0.25) is 0 Å². The summed E-state index contributed by atoms with van der Waals surface area (Å²) in [6.07, 6.45) is 1.92. The normalized spacial score (nSPS) is 21.7. The lowest BCUT2D eigenvalue weighted by atomic mass is 10.1. The highest BCUT2D eigenvalue weighted by Crippen LogP contribution is 2.36. The van der Waals surface area contributed by atoms with Gasteiger partial charge in [0, 0.05) is 4.90 Å². The first-order chi connectivity index (χ1) is 12.5. The Morgan fingerprint density at radius 3 is 2.62 bits per heavy atom. The molecule has 0 aromatic heterocycles. The molecule has 0 spiro atoms. The van der Waals surface area contributed by atoms with Crippen LogP contribution in [0.4, 0.5) is 15.8 Å². The van der Waals surface area contributed by atoms with Gasteiger partial charge in [0.15, 0.2) is 12.1 Å². The first kappa shape index (κ1) is 16.7. The number of rotatable bonds is 3. The molecule has 0 saturated carbocycles. The van der Waals surface area contributed by atoms with Crippen LogP contribution in [-0.4, -0.2) is 30.2 Å². The summed E-state index contributed by atoms with van der Waals surface area (Å²) in [7, 11) is 0. The number of nitrogens with zero attached hydrogens (tertiary/aromatic N) is 4. The molecule has 8 heteroatoms. The highest BCUT2D eigenvalue weighted by Gasteiger charge is 2.55. The molecule has 4 rings (SSSR count). The number of carbonyl (C=O) groups is 2. The largest absolute Gasteiger partial charge is 0.271 e. The lowest BCUT2D eigenvalue weighted by Gasteiger charge is -2.21. The van der Waals surface area contributed by atoms with Gasteiger partial charge in [0.1, 0.15) is 5.82 Å². The fourth-order valence-corrected chi connectivity index (χ4v) is 3.55. The molecule has 0 N–H and O–H groups in total. The zero-order chi connectivity index (χ0) is 18.4. The number of fused-ring (bicyclic) bond motifs is 1. The van der Waals surface area contributed by atoms with E-state index >= 15 is 0 Å². The van der Waals surface area contributed by atoms with Gasteiger partial charge in [-0.3, -0.25) is 9.59 Å². The van der Waals surface area contributed by atoms with Crippen LogP contribution in [0.3, 0.4) is 0 Å². The summed E-state index contributed by atoms with van der Waals surface area (Å²) in [5, 5.41) is 9.24. The first-order valence-corrected chi connectivity index (χ1v) is 9.22. The Kier molecular flexibility index (Phi) is 3.99. The average Bonchev–Trinajstić information content (AvgIpc) is 3.18. The van der Waals surface area contributed by atoms with E-state index in [4.69, 9.17) is 0 Å². The molecule has 132 valence electrons. The Hall–Kier alpha value is -2.74. The van der Waals surface area contributed by atoms with Crippen molar-refractivity contribution in [2.24, 2.45) is 10.3 Å². The zero-order valence-corrected chi connectivity index (χ0v) is 14.9. The van der Waals surface area contributed by atoms with Crippen molar-refractivity contribution in [3.05, 3.63) is 53.8 Å². The summed E-state index contributed by atoms with van der Waals surface area (Å²) in [5.74, 6) is -1.23. The second-order valence-electron chi connectivity index (χ2n) is 6.09. The summed E-state index contributed by atoms with van der Waals surface area (Å²) >= 11 is 1.52. The Bertz CT molecular complexity index is 949. The van der Waals surface area contributed by atoms with Crippen molar-refractivity contribution in [1.82, 2.24) is 0 Å². The Morgan fingerprint density at radius 2 is 1.88 bits per heavy atom. The van der Waals surface area contributed by atoms with Crippen LogP contribution in [0, 0.1) is 12.7 Å². The van der Waals surface area contributed by atoms with Gasteiger partial charge in [0.2, 0.25) is 0 Å². The highest BCUT2D eigenvalue weighted by molar-refractivity contribution is 7.98. The van der Waals surface area contributed by atoms with Crippen LogP contribution in [-0.2, 0) is 9.59 Å². The van der Waals surface area contributed by atoms with E-state index in [1.165, 1.54) is 22.8 Å². The second-order valence-corrected chi connectivity index (χ2v) is 6.97. The van der Waals surface area contributed by atoms with Gasteiger partial charge in [-0.2, -0.15) is 5.11 Å². The van der Waals surface area contributed by atoms with Gasteiger partial charge in [0.05, 0.1) is 11.4 Å². The molecule has 2 aliphatic heterocycles. The van der Waals surface area contributed by atoms with Gasteiger partial charge in [-0.1, -0.05) is 17.4 Å². The first-order valence-electron chi connectivity index (χ1n) is 7.99. The molecule has 2 aromatic rings. The number of imide groups is 1. The molecular weight excluding hydrogens is 355 g/mol. The summed E-state index contributed by atoms with van der Waals surface area (Å²) in [5.41, 5.74) is 1.39. The fraction of sp³-hybridized carbons (Fsp3) is 0.222. The van der Waals surface area contributed by atoms with Crippen molar-refractivity contribution in [2.75, 3.05) is 16.2 Å². The van der Waals surface area contributed by atoms with E-state index in [0.717, 1.165) is 9.80 Å². The molecule has 0 bridgehead atoms. The maximum atomic E-state index is 13.9. The van der Waals surface area contributed by atoms with Crippen molar-refractivity contribution in [3.63, 3.8) is 0 Å². The lowest BCUT2D eigenvalue weighted by Crippen LogP contribution is -2.40. The number of aryl methyl sites for hydroxylation is 1. The van der Waals surface area contributed by atoms with Gasteiger partial charge < -0.3 is 0 Å². The molecule has 2 heterocycles. The molecule has 2 aromatic carbocycles. The lowest BCUT2D eigenvalue weighted by molar-refractivity contribution is -0.121. The predicted octanol–water partition coefficient (Wildman–Crippen LogP) is 3.35. The van der Waals surface area contributed by atoms with Gasteiger partial charge >= 0.3 is 0 Å². The van der Waals surface area contributed by atoms with E-state index in [-0.39, 0.29) is 0 Å². The number of benzene rings is 2. The number of halogens is 1. The summed E-state index contributed by atoms with van der Waals surface area (Å²) in [6.45, 7) is 1.65. The molecule has 2 aliphatic rings. The third kappa shape index (κ3) is 2.48. The molecule has 2 amide bonds. The van der Waals surface area contributed by atoms with Crippen LogP contribution in [0.15, 0.2) is 57.7 Å². The van der Waals surface area contributed by atoms with Gasteiger partial charge in [-0.15, -0.1) is 11.8 Å². The highest BCUT2D eigenvalue weighted by atomic mass is 32.2. The molecule has 0 radical (unpaired) electrons. The number of hydrogen-bond donors (Lipinski definition) is 0. The van der Waals surface area contributed by atoms with E-state index in [1.54, 1.807) is 37.3 Å². The molecule has 1 fully saturated rings. The maximum Gasteiger partial charge on any atom is 0.263 e. The predicted molar refractivity (Wildman–Crippen MR) is 96.8 cm³/mol. The van der Waals surface area contributed by atoms with E-state index in [0.29, 0.717) is 16.9 Å². The maximum absolute atomic E-state index is 13.9. The van der Waals surface area contributed by atoms with Gasteiger partial charge in [0.25, 0.3) is 11.8 Å². The summed E-state index contributed by atoms with van der Waals surface area (Å²) in [4.78, 5) is 27.8. The van der Waals surface area contributed by atoms with Crippen molar-refractivity contribution in [3.8, 4) is 0 Å². The van der Waals surface area contributed by atoms with Crippen molar-refractivity contribution >= 4 is 35.0 Å². The van der Waals surface area contributed by atoms with E-state index in [9.17, 15) is 14.0 Å². The molecule has 2 atom stereocenters. The van der Waals surface area contributed by atoms with Gasteiger partial charge in [-0.05, 0) is 49.1 Å². The minimum absolute atomic E-state index is 0.394. The molecule has 0 aliphatic carbocycles. The second kappa shape index (κ2) is 6.21. The van der Waals surface area contributed by atoms with Crippen molar-refractivity contribution < 1.29 is 14.0 Å². The summed E-state index contributed by atoms with van der Waals surface area (Å²) in [6, 6.07) is 9.96. The molecule has 26 heavy (non-hydrogen) atoms. The Balaban J connectivity index is 1.70. The minimum Gasteiger partial charge on any atom is -0.271 e. The van der Waals surface area contributed by atoms with Crippen LogP contribution < -0.4 is 9.91 Å². The third-order valence-corrected chi connectivity index (χ3v) is 5.24. The smallest absolute Gasteiger partial charge is 0.263 e. The minimum atomic E-state index is -0.912. The van der Waals surface area contributed by atoms with Crippen molar-refractivity contribution in [1.29, 1.82) is 0 Å². The molecule has 6 nitrogen and oxygen atoms in total. The average molecular weight is 370 g/mol. The van der Waals surface area contributed by atoms with E-state index in [2.05, 4.69) is 10.3 Å². The fourth-order valence-electron chi connectivity index (χ4n) is 3.10. The zero-order valence-electron chi connectivity index (χ0n) is 14.1. The topological polar surface area (TPSA) is 65.3 Å². The van der Waals surface area contributed by atoms with Gasteiger partial charge in [-0.25, -0.2) is 14.3 Å².